The highest BCUT2D eigenvalue weighted by Gasteiger charge is 2.12. The molecule has 8 nitrogen and oxygen atoms in total. The van der Waals surface area contributed by atoms with Crippen molar-refractivity contribution in [2.75, 3.05) is 12.9 Å². The highest BCUT2D eigenvalue weighted by Crippen LogP contribution is 2.20. The lowest BCUT2D eigenvalue weighted by Gasteiger charge is -2.06. The second-order valence-electron chi connectivity index (χ2n) is 6.26. The summed E-state index contributed by atoms with van der Waals surface area (Å²) in [7, 11) is -3.41. The van der Waals surface area contributed by atoms with Crippen LogP contribution in [0.5, 0.6) is 5.75 Å². The minimum atomic E-state index is -3.41. The highest BCUT2D eigenvalue weighted by atomic mass is 32.2. The molecule has 2 aromatic carbocycles. The zero-order valence-electron chi connectivity index (χ0n) is 16.4. The van der Waals surface area contributed by atoms with Gasteiger partial charge in [0.1, 0.15) is 11.4 Å². The first-order chi connectivity index (χ1) is 14.4. The molecular formula is C21H20N4O4S. The molecule has 3 rings (SSSR count). The molecule has 0 bridgehead atoms. The Balaban J connectivity index is 1.74. The number of sulfone groups is 1. The fraction of sp³-hybridized carbons (Fsp3) is 0.143. The van der Waals surface area contributed by atoms with E-state index in [1.165, 1.54) is 18.5 Å². The Morgan fingerprint density at radius 1 is 1.13 bits per heavy atom. The van der Waals surface area contributed by atoms with Crippen LogP contribution in [0.15, 0.2) is 70.9 Å². The SMILES string of the molecule is CCOc1ccc(-c2cncc(C(=O)NN=Cc3ccccc3S(C)(=O)=O)n2)cc1. The van der Waals surface area contributed by atoms with E-state index in [0.29, 0.717) is 17.9 Å². The number of amides is 1. The Kier molecular flexibility index (Phi) is 6.53. The maximum Gasteiger partial charge on any atom is 0.291 e. The zero-order valence-corrected chi connectivity index (χ0v) is 17.3. The molecule has 0 aliphatic heterocycles. The molecule has 0 unspecified atom stereocenters. The zero-order chi connectivity index (χ0) is 21.6. The lowest BCUT2D eigenvalue weighted by Crippen LogP contribution is -2.19. The van der Waals surface area contributed by atoms with E-state index < -0.39 is 15.7 Å². The first-order valence-electron chi connectivity index (χ1n) is 9.06. The van der Waals surface area contributed by atoms with Crippen LogP contribution < -0.4 is 10.2 Å². The Hall–Kier alpha value is -3.59. The van der Waals surface area contributed by atoms with E-state index in [1.807, 2.05) is 31.2 Å². The quantitative estimate of drug-likeness (QED) is 0.461. The number of rotatable bonds is 7. The Bertz CT molecular complexity index is 1180. The molecule has 30 heavy (non-hydrogen) atoms. The summed E-state index contributed by atoms with van der Waals surface area (Å²) in [5, 5.41) is 3.85. The normalized spacial score (nSPS) is 11.4. The van der Waals surface area contributed by atoms with Gasteiger partial charge in [0.15, 0.2) is 9.84 Å². The molecule has 0 aliphatic rings. The van der Waals surface area contributed by atoms with E-state index in [4.69, 9.17) is 4.74 Å². The van der Waals surface area contributed by atoms with Gasteiger partial charge in [0.2, 0.25) is 0 Å². The summed E-state index contributed by atoms with van der Waals surface area (Å²) >= 11 is 0. The molecule has 0 saturated heterocycles. The van der Waals surface area contributed by atoms with Gasteiger partial charge in [-0.2, -0.15) is 5.10 Å². The fourth-order valence-electron chi connectivity index (χ4n) is 2.65. The summed E-state index contributed by atoms with van der Waals surface area (Å²) < 4.78 is 29.1. The smallest absolute Gasteiger partial charge is 0.291 e. The number of carbonyl (C=O) groups is 1. The van der Waals surface area contributed by atoms with Crippen LogP contribution >= 0.6 is 0 Å². The molecule has 1 N–H and O–H groups in total. The van der Waals surface area contributed by atoms with Crippen LogP contribution in [0, 0.1) is 0 Å². The first kappa shape index (κ1) is 21.1. The Morgan fingerprint density at radius 2 is 1.87 bits per heavy atom. The van der Waals surface area contributed by atoms with Crippen LogP contribution in [0.2, 0.25) is 0 Å². The van der Waals surface area contributed by atoms with Gasteiger partial charge < -0.3 is 4.74 Å². The largest absolute Gasteiger partial charge is 0.494 e. The molecule has 9 heteroatoms. The maximum atomic E-state index is 12.4. The number of nitrogens with one attached hydrogen (secondary N) is 1. The molecule has 1 heterocycles. The van der Waals surface area contributed by atoms with Gasteiger partial charge in [-0.1, -0.05) is 18.2 Å². The average molecular weight is 424 g/mol. The summed E-state index contributed by atoms with van der Waals surface area (Å²) in [6.45, 7) is 2.48. The van der Waals surface area contributed by atoms with Crippen molar-refractivity contribution in [3.63, 3.8) is 0 Å². The van der Waals surface area contributed by atoms with Crippen LogP contribution in [0.4, 0.5) is 0 Å². The van der Waals surface area contributed by atoms with E-state index in [9.17, 15) is 13.2 Å². The number of ether oxygens (including phenoxy) is 1. The molecule has 1 aromatic heterocycles. The molecule has 1 amide bonds. The Morgan fingerprint density at radius 3 is 2.57 bits per heavy atom. The van der Waals surface area contributed by atoms with Crippen LogP contribution in [0.25, 0.3) is 11.3 Å². The second kappa shape index (κ2) is 9.27. The second-order valence-corrected chi connectivity index (χ2v) is 8.24. The van der Waals surface area contributed by atoms with E-state index in [2.05, 4.69) is 20.5 Å². The van der Waals surface area contributed by atoms with Crippen molar-refractivity contribution in [1.29, 1.82) is 0 Å². The minimum Gasteiger partial charge on any atom is -0.494 e. The number of aromatic nitrogens is 2. The van der Waals surface area contributed by atoms with Gasteiger partial charge >= 0.3 is 0 Å². The third kappa shape index (κ3) is 5.26. The first-order valence-corrected chi connectivity index (χ1v) is 11.0. The standard InChI is InChI=1S/C21H20N4O4S/c1-3-29-17-10-8-15(9-11-17)18-13-22-14-19(24-18)21(26)25-23-12-16-6-4-5-7-20(16)30(2,27)28/h4-14H,3H2,1-2H3,(H,25,26). The topological polar surface area (TPSA) is 111 Å². The molecule has 0 aliphatic carbocycles. The van der Waals surface area contributed by atoms with Crippen molar-refractivity contribution in [2.24, 2.45) is 5.10 Å². The summed E-state index contributed by atoms with van der Waals surface area (Å²) in [5.74, 6) is 0.176. The molecule has 0 fully saturated rings. The van der Waals surface area contributed by atoms with Crippen LogP contribution in [-0.4, -0.2) is 43.4 Å². The number of hydrogen-bond acceptors (Lipinski definition) is 7. The monoisotopic (exact) mass is 424 g/mol. The number of hydrazone groups is 1. The highest BCUT2D eigenvalue weighted by molar-refractivity contribution is 7.90. The summed E-state index contributed by atoms with van der Waals surface area (Å²) in [6.07, 6.45) is 5.27. The molecule has 0 atom stereocenters. The number of benzene rings is 2. The molecule has 154 valence electrons. The molecular weight excluding hydrogens is 404 g/mol. The lowest BCUT2D eigenvalue weighted by molar-refractivity contribution is 0.0950. The third-order valence-electron chi connectivity index (χ3n) is 4.02. The number of carbonyl (C=O) groups excluding carboxylic acids is 1. The van der Waals surface area contributed by atoms with Crippen LogP contribution in [0.1, 0.15) is 23.0 Å². The van der Waals surface area contributed by atoms with Crippen molar-refractivity contribution >= 4 is 22.0 Å². The number of hydrogen-bond donors (Lipinski definition) is 1. The summed E-state index contributed by atoms with van der Waals surface area (Å²) in [5.41, 5.74) is 4.10. The van der Waals surface area contributed by atoms with Gasteiger partial charge in [-0.05, 0) is 37.3 Å². The van der Waals surface area contributed by atoms with Crippen molar-refractivity contribution in [1.82, 2.24) is 15.4 Å². The lowest BCUT2D eigenvalue weighted by atomic mass is 10.1. The van der Waals surface area contributed by atoms with Gasteiger partial charge in [0, 0.05) is 17.4 Å². The van der Waals surface area contributed by atoms with Crippen molar-refractivity contribution in [3.8, 4) is 17.0 Å². The van der Waals surface area contributed by atoms with E-state index >= 15 is 0 Å². The molecule has 0 spiro atoms. The average Bonchev–Trinajstić information content (AvgIpc) is 2.74. The van der Waals surface area contributed by atoms with Gasteiger partial charge in [0.25, 0.3) is 5.91 Å². The third-order valence-corrected chi connectivity index (χ3v) is 5.19. The Labute approximate surface area is 174 Å². The number of nitrogens with zero attached hydrogens (tertiary/aromatic N) is 3. The maximum absolute atomic E-state index is 12.4. The summed E-state index contributed by atoms with van der Waals surface area (Å²) in [4.78, 5) is 20.9. The van der Waals surface area contributed by atoms with Gasteiger partial charge in [-0.25, -0.2) is 18.8 Å². The van der Waals surface area contributed by atoms with Crippen LogP contribution in [-0.2, 0) is 9.84 Å². The van der Waals surface area contributed by atoms with Crippen molar-refractivity contribution < 1.29 is 17.9 Å². The predicted octanol–water partition coefficient (Wildman–Crippen LogP) is 2.71. The summed E-state index contributed by atoms with van der Waals surface area (Å²) in [6, 6.07) is 13.7. The van der Waals surface area contributed by atoms with Crippen LogP contribution in [0.3, 0.4) is 0 Å². The van der Waals surface area contributed by atoms with Crippen molar-refractivity contribution in [2.45, 2.75) is 11.8 Å². The van der Waals surface area contributed by atoms with Gasteiger partial charge in [-0.15, -0.1) is 0 Å². The van der Waals surface area contributed by atoms with Gasteiger partial charge in [0.05, 0.1) is 35.8 Å². The molecule has 0 saturated carbocycles. The van der Waals surface area contributed by atoms with E-state index in [0.717, 1.165) is 17.6 Å². The molecule has 0 radical (unpaired) electrons. The van der Waals surface area contributed by atoms with E-state index in [1.54, 1.807) is 24.4 Å². The van der Waals surface area contributed by atoms with Crippen molar-refractivity contribution in [3.05, 3.63) is 72.2 Å². The van der Waals surface area contributed by atoms with Gasteiger partial charge in [-0.3, -0.25) is 9.78 Å². The molecule has 3 aromatic rings. The minimum absolute atomic E-state index is 0.0786. The fourth-order valence-corrected chi connectivity index (χ4v) is 3.52. The predicted molar refractivity (Wildman–Crippen MR) is 113 cm³/mol. The van der Waals surface area contributed by atoms with E-state index in [-0.39, 0.29) is 10.6 Å².